The molecule has 0 aliphatic carbocycles. The quantitative estimate of drug-likeness (QED) is 0.234. The van der Waals surface area contributed by atoms with E-state index in [-0.39, 0.29) is 15.0 Å². The Labute approximate surface area is 175 Å². The fraction of sp³-hybridized carbons (Fsp3) is 0. The van der Waals surface area contributed by atoms with Crippen molar-refractivity contribution in [3.8, 4) is 0 Å². The summed E-state index contributed by atoms with van der Waals surface area (Å²) in [7, 11) is 0. The molecular formula is C28H18Se. The van der Waals surface area contributed by atoms with E-state index in [1.807, 2.05) is 0 Å². The third-order valence-corrected chi connectivity index (χ3v) is 8.35. The Bertz CT molecular complexity index is 1300. The molecular weight excluding hydrogens is 415 g/mol. The topological polar surface area (TPSA) is 0 Å². The molecule has 0 atom stereocenters. The van der Waals surface area contributed by atoms with E-state index in [1.54, 1.807) is 0 Å². The van der Waals surface area contributed by atoms with Gasteiger partial charge in [0, 0.05) is 0 Å². The molecule has 6 rings (SSSR count). The van der Waals surface area contributed by atoms with Crippen LogP contribution < -0.4 is 8.92 Å². The Hall–Kier alpha value is -3.12. The molecule has 136 valence electrons. The number of hydrogen-bond donors (Lipinski definition) is 0. The minimum absolute atomic E-state index is 0.181. The molecule has 0 heterocycles. The average Bonchev–Trinajstić information content (AvgIpc) is 2.78. The summed E-state index contributed by atoms with van der Waals surface area (Å²) < 4.78 is 2.96. The molecule has 1 heteroatoms. The molecule has 0 aliphatic rings. The van der Waals surface area contributed by atoms with E-state index in [1.165, 1.54) is 52.0 Å². The van der Waals surface area contributed by atoms with Crippen molar-refractivity contribution in [2.45, 2.75) is 0 Å². The van der Waals surface area contributed by atoms with Crippen molar-refractivity contribution in [2.24, 2.45) is 0 Å². The second-order valence-electron chi connectivity index (χ2n) is 7.40. The van der Waals surface area contributed by atoms with Crippen LogP contribution in [0.3, 0.4) is 0 Å². The van der Waals surface area contributed by atoms with Crippen LogP contribution in [0, 0.1) is 0 Å². The van der Waals surface area contributed by atoms with Crippen LogP contribution in [0.25, 0.3) is 43.1 Å². The second kappa shape index (κ2) is 6.74. The van der Waals surface area contributed by atoms with Crippen LogP contribution >= 0.6 is 0 Å². The zero-order chi connectivity index (χ0) is 19.2. The van der Waals surface area contributed by atoms with E-state index >= 15 is 0 Å². The van der Waals surface area contributed by atoms with E-state index in [4.69, 9.17) is 0 Å². The van der Waals surface area contributed by atoms with Crippen molar-refractivity contribution in [1.82, 2.24) is 0 Å². The number of benzene rings is 6. The molecule has 0 spiro atoms. The average molecular weight is 433 g/mol. The maximum atomic E-state index is 2.32. The van der Waals surface area contributed by atoms with Crippen LogP contribution in [-0.2, 0) is 0 Å². The van der Waals surface area contributed by atoms with Crippen molar-refractivity contribution >= 4 is 67.0 Å². The molecule has 0 radical (unpaired) electrons. The first-order chi connectivity index (χ1) is 14.4. The molecule has 0 fully saturated rings. The zero-order valence-corrected chi connectivity index (χ0v) is 17.5. The van der Waals surface area contributed by atoms with Gasteiger partial charge < -0.3 is 0 Å². The predicted octanol–water partition coefficient (Wildman–Crippen LogP) is 5.95. The van der Waals surface area contributed by atoms with E-state index < -0.39 is 0 Å². The van der Waals surface area contributed by atoms with Crippen LogP contribution in [0.5, 0.6) is 0 Å². The van der Waals surface area contributed by atoms with Gasteiger partial charge in [0.1, 0.15) is 0 Å². The van der Waals surface area contributed by atoms with Gasteiger partial charge >= 0.3 is 176 Å². The fourth-order valence-corrected chi connectivity index (χ4v) is 7.18. The maximum absolute atomic E-state index is 2.32. The van der Waals surface area contributed by atoms with Crippen LogP contribution in [-0.4, -0.2) is 15.0 Å². The Kier molecular flexibility index (Phi) is 3.90. The first-order valence-electron chi connectivity index (χ1n) is 9.87. The molecule has 6 aromatic rings. The first-order valence-corrected chi connectivity index (χ1v) is 11.6. The summed E-state index contributed by atoms with van der Waals surface area (Å²) in [5.41, 5.74) is 0. The van der Waals surface area contributed by atoms with Gasteiger partial charge in [-0.3, -0.25) is 0 Å². The van der Waals surface area contributed by atoms with Crippen LogP contribution in [0.15, 0.2) is 109 Å². The summed E-state index contributed by atoms with van der Waals surface area (Å²) in [5.74, 6) is 0. The Morgan fingerprint density at radius 1 is 0.345 bits per heavy atom. The van der Waals surface area contributed by atoms with Crippen LogP contribution in [0.2, 0.25) is 0 Å². The van der Waals surface area contributed by atoms with Crippen molar-refractivity contribution in [3.63, 3.8) is 0 Å². The van der Waals surface area contributed by atoms with Crippen molar-refractivity contribution < 1.29 is 0 Å². The summed E-state index contributed by atoms with van der Waals surface area (Å²) in [5, 5.41) is 10.8. The molecule has 29 heavy (non-hydrogen) atoms. The SMILES string of the molecule is c1ccc2c([Se]c3c4ccccc4cc4ccccc34)c3ccccc3cc2c1. The van der Waals surface area contributed by atoms with Gasteiger partial charge in [-0.05, 0) is 0 Å². The zero-order valence-electron chi connectivity index (χ0n) is 15.8. The van der Waals surface area contributed by atoms with Crippen molar-refractivity contribution in [1.29, 1.82) is 0 Å². The Morgan fingerprint density at radius 2 is 0.621 bits per heavy atom. The molecule has 6 aromatic carbocycles. The van der Waals surface area contributed by atoms with Gasteiger partial charge in [-0.15, -0.1) is 0 Å². The van der Waals surface area contributed by atoms with E-state index in [0.717, 1.165) is 0 Å². The van der Waals surface area contributed by atoms with Gasteiger partial charge in [-0.25, -0.2) is 0 Å². The van der Waals surface area contributed by atoms with Crippen molar-refractivity contribution in [2.75, 3.05) is 0 Å². The summed E-state index contributed by atoms with van der Waals surface area (Å²) in [6.45, 7) is 0. The number of fused-ring (bicyclic) bond motifs is 4. The molecule has 0 nitrogen and oxygen atoms in total. The molecule has 0 amide bonds. The molecule has 0 saturated carbocycles. The number of hydrogen-bond acceptors (Lipinski definition) is 0. The second-order valence-corrected chi connectivity index (χ2v) is 9.54. The fourth-order valence-electron chi connectivity index (χ4n) is 4.27. The molecule has 0 N–H and O–H groups in total. The van der Waals surface area contributed by atoms with Gasteiger partial charge in [-0.1, -0.05) is 0 Å². The summed E-state index contributed by atoms with van der Waals surface area (Å²) in [4.78, 5) is 0. The Morgan fingerprint density at radius 3 is 0.931 bits per heavy atom. The summed E-state index contributed by atoms with van der Waals surface area (Å²) in [6, 6.07) is 40.0. The molecule has 0 bridgehead atoms. The Balaban J connectivity index is 1.73. The molecule has 0 saturated heterocycles. The summed E-state index contributed by atoms with van der Waals surface area (Å²) in [6.07, 6.45) is 0. The van der Waals surface area contributed by atoms with Gasteiger partial charge in [0.2, 0.25) is 0 Å². The third kappa shape index (κ3) is 2.75. The van der Waals surface area contributed by atoms with E-state index in [2.05, 4.69) is 109 Å². The van der Waals surface area contributed by atoms with Gasteiger partial charge in [0.25, 0.3) is 0 Å². The van der Waals surface area contributed by atoms with E-state index in [0.29, 0.717) is 0 Å². The third-order valence-electron chi connectivity index (χ3n) is 5.65. The molecule has 0 aromatic heterocycles. The standard InChI is InChI=1S/C28H18Se/c1-5-13-23-19(9-1)17-20-10-2-6-14-24(20)27(23)29-28-25-15-7-3-11-21(25)18-22-12-4-8-16-26(22)28/h1-18H. The normalized spacial score (nSPS) is 11.6. The first kappa shape index (κ1) is 16.8. The van der Waals surface area contributed by atoms with Crippen LogP contribution in [0.1, 0.15) is 0 Å². The summed E-state index contributed by atoms with van der Waals surface area (Å²) >= 11 is 0.181. The molecule has 0 aliphatic heterocycles. The van der Waals surface area contributed by atoms with Gasteiger partial charge in [0.15, 0.2) is 0 Å². The van der Waals surface area contributed by atoms with Gasteiger partial charge in [-0.2, -0.15) is 0 Å². The molecule has 0 unspecified atom stereocenters. The van der Waals surface area contributed by atoms with E-state index in [9.17, 15) is 0 Å². The van der Waals surface area contributed by atoms with Crippen molar-refractivity contribution in [3.05, 3.63) is 109 Å². The minimum atomic E-state index is 0.181. The van der Waals surface area contributed by atoms with Gasteiger partial charge in [0.05, 0.1) is 0 Å². The number of rotatable bonds is 2. The van der Waals surface area contributed by atoms with Crippen LogP contribution in [0.4, 0.5) is 0 Å². The predicted molar refractivity (Wildman–Crippen MR) is 128 cm³/mol. The monoisotopic (exact) mass is 434 g/mol.